The van der Waals surface area contributed by atoms with Crippen LogP contribution in [0.1, 0.15) is 24.8 Å². The number of amides is 2. The number of likely N-dealkylation sites (tertiary alicyclic amines) is 1. The standard InChI is InChI=1S/C22H30N4O2/c27-19(14-26-9-5-4-8-20(26)28)23-21-17-12-24-10-11-25(13-17)16-22(21,15-24)18-6-2-1-3-7-18/h1-3,6-7,17,21H,4-5,8-16H2,(H,23,27). The number of benzene rings is 1. The van der Waals surface area contributed by atoms with Gasteiger partial charge in [-0.3, -0.25) is 9.59 Å². The van der Waals surface area contributed by atoms with Gasteiger partial charge in [0.1, 0.15) is 0 Å². The van der Waals surface area contributed by atoms with Gasteiger partial charge < -0.3 is 20.0 Å². The van der Waals surface area contributed by atoms with E-state index in [0.717, 1.165) is 52.1 Å². The summed E-state index contributed by atoms with van der Waals surface area (Å²) in [5.74, 6) is 0.566. The maximum Gasteiger partial charge on any atom is 0.239 e. The van der Waals surface area contributed by atoms with Gasteiger partial charge in [0.15, 0.2) is 0 Å². The molecular formula is C22H30N4O2. The number of rotatable bonds is 4. The Kier molecular flexibility index (Phi) is 4.63. The molecule has 3 atom stereocenters. The number of nitrogens with zero attached hydrogens (tertiary/aromatic N) is 3. The first-order valence-corrected chi connectivity index (χ1v) is 10.7. The lowest BCUT2D eigenvalue weighted by atomic mass is 9.64. The zero-order chi connectivity index (χ0) is 19.1. The van der Waals surface area contributed by atoms with Crippen molar-refractivity contribution in [1.29, 1.82) is 0 Å². The maximum absolute atomic E-state index is 13.0. The van der Waals surface area contributed by atoms with Crippen LogP contribution in [0.4, 0.5) is 0 Å². The Bertz CT molecular complexity index is 736. The topological polar surface area (TPSA) is 55.9 Å². The molecule has 1 aromatic rings. The Morgan fingerprint density at radius 3 is 2.43 bits per heavy atom. The van der Waals surface area contributed by atoms with E-state index in [2.05, 4.69) is 45.4 Å². The molecule has 4 bridgehead atoms. The molecule has 0 aromatic heterocycles. The highest BCUT2D eigenvalue weighted by molar-refractivity contribution is 5.85. The molecule has 0 saturated carbocycles. The molecule has 1 aromatic carbocycles. The van der Waals surface area contributed by atoms with Gasteiger partial charge >= 0.3 is 0 Å². The second-order valence-corrected chi connectivity index (χ2v) is 9.07. The fourth-order valence-corrected chi connectivity index (χ4v) is 5.99. The second-order valence-electron chi connectivity index (χ2n) is 9.07. The normalized spacial score (nSPS) is 37.0. The summed E-state index contributed by atoms with van der Waals surface area (Å²) in [7, 11) is 0. The van der Waals surface area contributed by atoms with Gasteiger partial charge in [-0.05, 0) is 18.4 Å². The van der Waals surface area contributed by atoms with E-state index in [1.807, 2.05) is 0 Å². The summed E-state index contributed by atoms with van der Waals surface area (Å²) in [4.78, 5) is 32.0. The van der Waals surface area contributed by atoms with Gasteiger partial charge in [-0.15, -0.1) is 0 Å². The number of hydrogen-bond acceptors (Lipinski definition) is 4. The predicted molar refractivity (Wildman–Crippen MR) is 107 cm³/mol. The average Bonchev–Trinajstić information content (AvgIpc) is 2.95. The molecule has 3 unspecified atom stereocenters. The van der Waals surface area contributed by atoms with E-state index in [1.54, 1.807) is 4.90 Å². The zero-order valence-corrected chi connectivity index (χ0v) is 16.5. The molecule has 5 aliphatic heterocycles. The van der Waals surface area contributed by atoms with E-state index in [-0.39, 0.29) is 29.8 Å². The van der Waals surface area contributed by atoms with Crippen LogP contribution in [0, 0.1) is 5.92 Å². The van der Waals surface area contributed by atoms with Crippen LogP contribution in [0.5, 0.6) is 0 Å². The smallest absolute Gasteiger partial charge is 0.239 e. The molecule has 28 heavy (non-hydrogen) atoms. The van der Waals surface area contributed by atoms with Gasteiger partial charge in [-0.2, -0.15) is 0 Å². The number of carbonyl (C=O) groups is 2. The molecule has 5 heterocycles. The number of carbonyl (C=O) groups excluding carboxylic acids is 2. The van der Waals surface area contributed by atoms with Gasteiger partial charge in [-0.1, -0.05) is 30.3 Å². The monoisotopic (exact) mass is 382 g/mol. The number of fused-ring (bicyclic) bond motifs is 1. The first kappa shape index (κ1) is 18.1. The third-order valence-electron chi connectivity index (χ3n) is 7.22. The van der Waals surface area contributed by atoms with Crippen LogP contribution in [0.15, 0.2) is 30.3 Å². The minimum atomic E-state index is -0.0690. The molecule has 5 fully saturated rings. The fourth-order valence-electron chi connectivity index (χ4n) is 5.99. The van der Waals surface area contributed by atoms with Crippen molar-refractivity contribution in [1.82, 2.24) is 20.0 Å². The summed E-state index contributed by atoms with van der Waals surface area (Å²) < 4.78 is 0. The minimum absolute atomic E-state index is 0.00621. The first-order valence-electron chi connectivity index (χ1n) is 10.7. The van der Waals surface area contributed by atoms with Crippen LogP contribution < -0.4 is 5.32 Å². The van der Waals surface area contributed by atoms with Crippen molar-refractivity contribution in [2.24, 2.45) is 5.92 Å². The Morgan fingerprint density at radius 1 is 1.04 bits per heavy atom. The second kappa shape index (κ2) is 7.16. The summed E-state index contributed by atoms with van der Waals surface area (Å²) in [5.41, 5.74) is 1.26. The van der Waals surface area contributed by atoms with E-state index in [9.17, 15) is 9.59 Å². The molecule has 5 aliphatic rings. The maximum atomic E-state index is 13.0. The highest BCUT2D eigenvalue weighted by atomic mass is 16.2. The quantitative estimate of drug-likeness (QED) is 0.832. The lowest BCUT2D eigenvalue weighted by Gasteiger charge is -2.56. The number of nitrogens with one attached hydrogen (secondary N) is 1. The van der Waals surface area contributed by atoms with Crippen molar-refractivity contribution in [3.05, 3.63) is 35.9 Å². The van der Waals surface area contributed by atoms with Gasteiger partial charge in [-0.25, -0.2) is 0 Å². The number of hydrogen-bond donors (Lipinski definition) is 1. The van der Waals surface area contributed by atoms with E-state index in [0.29, 0.717) is 18.9 Å². The van der Waals surface area contributed by atoms with Gasteiger partial charge in [0.05, 0.1) is 6.54 Å². The lowest BCUT2D eigenvalue weighted by molar-refractivity contribution is -0.138. The van der Waals surface area contributed by atoms with E-state index >= 15 is 0 Å². The van der Waals surface area contributed by atoms with Crippen molar-refractivity contribution in [3.63, 3.8) is 0 Å². The van der Waals surface area contributed by atoms with Gasteiger partial charge in [0.25, 0.3) is 0 Å². The van der Waals surface area contributed by atoms with Gasteiger partial charge in [0, 0.05) is 69.6 Å². The van der Waals surface area contributed by atoms with Crippen molar-refractivity contribution in [2.45, 2.75) is 30.7 Å². The highest BCUT2D eigenvalue weighted by Crippen LogP contribution is 2.43. The summed E-state index contributed by atoms with van der Waals surface area (Å²) in [6.45, 7) is 7.26. The summed E-state index contributed by atoms with van der Waals surface area (Å²) in [5, 5.41) is 3.41. The Morgan fingerprint density at radius 2 is 1.75 bits per heavy atom. The molecule has 0 radical (unpaired) electrons. The molecule has 0 aliphatic carbocycles. The average molecular weight is 383 g/mol. The van der Waals surface area contributed by atoms with Crippen LogP contribution in [0.2, 0.25) is 0 Å². The molecule has 5 saturated heterocycles. The Hall–Kier alpha value is -1.92. The van der Waals surface area contributed by atoms with Crippen molar-refractivity contribution >= 4 is 11.8 Å². The van der Waals surface area contributed by atoms with Crippen molar-refractivity contribution in [3.8, 4) is 0 Å². The van der Waals surface area contributed by atoms with E-state index < -0.39 is 0 Å². The van der Waals surface area contributed by atoms with Crippen LogP contribution in [-0.4, -0.2) is 84.9 Å². The third-order valence-corrected chi connectivity index (χ3v) is 7.22. The van der Waals surface area contributed by atoms with Crippen LogP contribution in [-0.2, 0) is 15.0 Å². The Balaban J connectivity index is 1.40. The first-order chi connectivity index (χ1) is 13.6. The van der Waals surface area contributed by atoms with E-state index in [4.69, 9.17) is 0 Å². The third kappa shape index (κ3) is 3.12. The largest absolute Gasteiger partial charge is 0.350 e. The molecule has 0 spiro atoms. The van der Waals surface area contributed by atoms with Crippen LogP contribution in [0.3, 0.4) is 0 Å². The Labute approximate surface area is 166 Å². The van der Waals surface area contributed by atoms with Crippen molar-refractivity contribution < 1.29 is 9.59 Å². The van der Waals surface area contributed by atoms with Crippen LogP contribution >= 0.6 is 0 Å². The lowest BCUT2D eigenvalue weighted by Crippen LogP contribution is -2.71. The minimum Gasteiger partial charge on any atom is -0.350 e. The predicted octanol–water partition coefficient (Wildman–Crippen LogP) is 0.683. The van der Waals surface area contributed by atoms with Crippen molar-refractivity contribution in [2.75, 3.05) is 52.4 Å². The summed E-state index contributed by atoms with van der Waals surface area (Å²) >= 11 is 0. The van der Waals surface area contributed by atoms with Crippen LogP contribution in [0.25, 0.3) is 0 Å². The fraction of sp³-hybridized carbons (Fsp3) is 0.636. The SMILES string of the molecule is O=C(CN1CCCCC1=O)NC1C2CN3CCN(C2)CC1(c1ccccc1)C3. The summed E-state index contributed by atoms with van der Waals surface area (Å²) in [6.07, 6.45) is 2.53. The molecular weight excluding hydrogens is 352 g/mol. The van der Waals surface area contributed by atoms with E-state index in [1.165, 1.54) is 5.56 Å². The number of piperidine rings is 3. The zero-order valence-electron chi connectivity index (χ0n) is 16.5. The molecule has 150 valence electrons. The molecule has 6 heteroatoms. The highest BCUT2D eigenvalue weighted by Gasteiger charge is 2.55. The molecule has 1 N–H and O–H groups in total. The van der Waals surface area contributed by atoms with Gasteiger partial charge in [0.2, 0.25) is 11.8 Å². The molecule has 6 rings (SSSR count). The summed E-state index contributed by atoms with van der Waals surface area (Å²) in [6, 6.07) is 10.9. The molecule has 2 amide bonds. The molecule has 6 nitrogen and oxygen atoms in total.